The third-order valence-electron chi connectivity index (χ3n) is 2.49. The Balaban J connectivity index is 2.07. The molecular formula is C12H16N2O3S. The molecule has 2 heterocycles. The average Bonchev–Trinajstić information content (AvgIpc) is 2.68. The Morgan fingerprint density at radius 1 is 1.56 bits per heavy atom. The van der Waals surface area contributed by atoms with Gasteiger partial charge in [-0.05, 0) is 20.8 Å². The summed E-state index contributed by atoms with van der Waals surface area (Å²) >= 11 is 1.37. The van der Waals surface area contributed by atoms with Crippen LogP contribution in [0.5, 0.6) is 0 Å². The lowest BCUT2D eigenvalue weighted by molar-refractivity contribution is -0.157. The molecule has 0 fully saturated rings. The summed E-state index contributed by atoms with van der Waals surface area (Å²) in [5, 5.41) is 3.58. The largest absolute Gasteiger partial charge is 0.459 e. The van der Waals surface area contributed by atoms with Crippen LogP contribution < -0.4 is 5.32 Å². The number of fused-ring (bicyclic) bond motifs is 1. The number of esters is 1. The third kappa shape index (κ3) is 2.94. The van der Waals surface area contributed by atoms with E-state index in [1.54, 1.807) is 0 Å². The predicted octanol–water partition coefficient (Wildman–Crippen LogP) is 1.31. The van der Waals surface area contributed by atoms with Gasteiger partial charge in [0.1, 0.15) is 11.6 Å². The Morgan fingerprint density at radius 2 is 2.28 bits per heavy atom. The van der Waals surface area contributed by atoms with Crippen LogP contribution >= 0.6 is 11.3 Å². The Morgan fingerprint density at radius 3 is 2.89 bits per heavy atom. The molecule has 98 valence electrons. The summed E-state index contributed by atoms with van der Waals surface area (Å²) in [6.45, 7) is 6.08. The van der Waals surface area contributed by atoms with E-state index in [-0.39, 0.29) is 12.0 Å². The minimum Gasteiger partial charge on any atom is -0.459 e. The van der Waals surface area contributed by atoms with Gasteiger partial charge in [-0.15, -0.1) is 11.3 Å². The summed E-state index contributed by atoms with van der Waals surface area (Å²) in [7, 11) is 0. The number of hydrogen-bond donors (Lipinski definition) is 1. The number of carbonyl (C=O) groups is 2. The number of aldehydes is 1. The van der Waals surface area contributed by atoms with Gasteiger partial charge in [-0.25, -0.2) is 4.98 Å². The summed E-state index contributed by atoms with van der Waals surface area (Å²) in [5.74, 6) is -0.270. The van der Waals surface area contributed by atoms with Crippen molar-refractivity contribution in [1.82, 2.24) is 10.3 Å². The van der Waals surface area contributed by atoms with Gasteiger partial charge in [0.15, 0.2) is 11.3 Å². The van der Waals surface area contributed by atoms with Crippen molar-refractivity contribution in [2.75, 3.05) is 0 Å². The van der Waals surface area contributed by atoms with Crippen molar-refractivity contribution < 1.29 is 14.3 Å². The van der Waals surface area contributed by atoms with E-state index in [4.69, 9.17) is 4.74 Å². The van der Waals surface area contributed by atoms with E-state index in [0.29, 0.717) is 18.0 Å². The highest BCUT2D eigenvalue weighted by atomic mass is 32.1. The van der Waals surface area contributed by atoms with Crippen molar-refractivity contribution in [3.05, 3.63) is 15.6 Å². The van der Waals surface area contributed by atoms with Crippen molar-refractivity contribution in [2.45, 2.75) is 45.4 Å². The molecule has 0 saturated heterocycles. The molecule has 18 heavy (non-hydrogen) atoms. The van der Waals surface area contributed by atoms with Gasteiger partial charge in [0.25, 0.3) is 0 Å². The highest BCUT2D eigenvalue weighted by Crippen LogP contribution is 2.23. The van der Waals surface area contributed by atoms with Crippen molar-refractivity contribution in [3.8, 4) is 0 Å². The minimum atomic E-state index is -0.491. The normalized spacial score (nSPS) is 19.2. The van der Waals surface area contributed by atoms with Crippen molar-refractivity contribution in [2.24, 2.45) is 0 Å². The Labute approximate surface area is 110 Å². The third-order valence-corrected chi connectivity index (χ3v) is 3.52. The monoisotopic (exact) mass is 268 g/mol. The van der Waals surface area contributed by atoms with E-state index in [9.17, 15) is 9.59 Å². The lowest BCUT2D eigenvalue weighted by atomic mass is 10.1. The van der Waals surface area contributed by atoms with Crippen LogP contribution in [0, 0.1) is 0 Å². The van der Waals surface area contributed by atoms with Gasteiger partial charge in [0.2, 0.25) is 0 Å². The second kappa shape index (κ2) is 4.78. The van der Waals surface area contributed by atoms with E-state index in [2.05, 4.69) is 10.3 Å². The summed E-state index contributed by atoms with van der Waals surface area (Å²) in [5.41, 5.74) is 0.339. The fraction of sp³-hybridized carbons (Fsp3) is 0.583. The van der Waals surface area contributed by atoms with Gasteiger partial charge in [-0.1, -0.05) is 0 Å². The van der Waals surface area contributed by atoms with E-state index >= 15 is 0 Å². The molecule has 0 amide bonds. The summed E-state index contributed by atoms with van der Waals surface area (Å²) in [6, 6.07) is -0.377. The highest BCUT2D eigenvalue weighted by molar-refractivity contribution is 7.13. The zero-order valence-electron chi connectivity index (χ0n) is 10.6. The van der Waals surface area contributed by atoms with Gasteiger partial charge >= 0.3 is 5.97 Å². The van der Waals surface area contributed by atoms with Crippen LogP contribution in [-0.2, 0) is 22.5 Å². The van der Waals surface area contributed by atoms with Crippen LogP contribution in [0.3, 0.4) is 0 Å². The fourth-order valence-corrected chi connectivity index (χ4v) is 2.63. The molecule has 0 spiro atoms. The van der Waals surface area contributed by atoms with Gasteiger partial charge in [0, 0.05) is 17.8 Å². The number of carbonyl (C=O) groups excluding carboxylic acids is 2. The molecule has 1 aromatic rings. The number of thiazole rings is 1. The topological polar surface area (TPSA) is 68.3 Å². The first-order chi connectivity index (χ1) is 8.39. The van der Waals surface area contributed by atoms with Crippen molar-refractivity contribution >= 4 is 23.6 Å². The molecular weight excluding hydrogens is 252 g/mol. The fourth-order valence-electron chi connectivity index (χ4n) is 1.77. The van der Waals surface area contributed by atoms with Crippen LogP contribution in [0.25, 0.3) is 0 Å². The summed E-state index contributed by atoms with van der Waals surface area (Å²) in [6.07, 6.45) is 1.22. The second-order valence-corrected chi connectivity index (χ2v) is 6.33. The average molecular weight is 268 g/mol. The van der Waals surface area contributed by atoms with Gasteiger partial charge in [0.05, 0.1) is 5.69 Å². The summed E-state index contributed by atoms with van der Waals surface area (Å²) in [4.78, 5) is 27.8. The molecule has 5 nitrogen and oxygen atoms in total. The van der Waals surface area contributed by atoms with Crippen LogP contribution in [0.4, 0.5) is 0 Å². The molecule has 0 unspecified atom stereocenters. The lowest BCUT2D eigenvalue weighted by Gasteiger charge is -2.26. The zero-order valence-corrected chi connectivity index (χ0v) is 11.5. The summed E-state index contributed by atoms with van der Waals surface area (Å²) < 4.78 is 5.33. The number of hydrogen-bond acceptors (Lipinski definition) is 6. The maximum absolute atomic E-state index is 11.9. The lowest BCUT2D eigenvalue weighted by Crippen LogP contribution is -2.44. The van der Waals surface area contributed by atoms with E-state index in [1.165, 1.54) is 11.3 Å². The molecule has 0 bridgehead atoms. The quantitative estimate of drug-likeness (QED) is 0.647. The molecule has 0 radical (unpaired) electrons. The molecule has 2 rings (SSSR count). The van der Waals surface area contributed by atoms with Gasteiger partial charge in [-0.3, -0.25) is 14.9 Å². The number of nitrogens with zero attached hydrogens (tertiary/aromatic N) is 1. The van der Waals surface area contributed by atoms with Crippen LogP contribution in [-0.4, -0.2) is 28.9 Å². The maximum atomic E-state index is 11.9. The first kappa shape index (κ1) is 13.2. The minimum absolute atomic E-state index is 0.270. The van der Waals surface area contributed by atoms with Crippen molar-refractivity contribution in [3.63, 3.8) is 0 Å². The second-order valence-electron chi connectivity index (χ2n) is 5.21. The van der Waals surface area contributed by atoms with Crippen LogP contribution in [0.2, 0.25) is 0 Å². The molecule has 1 atom stereocenters. The first-order valence-electron chi connectivity index (χ1n) is 5.79. The Bertz CT molecular complexity index is 476. The molecule has 0 aliphatic carbocycles. The molecule has 0 saturated carbocycles. The molecule has 6 heteroatoms. The maximum Gasteiger partial charge on any atom is 0.324 e. The smallest absolute Gasteiger partial charge is 0.324 e. The highest BCUT2D eigenvalue weighted by Gasteiger charge is 2.30. The zero-order chi connectivity index (χ0) is 13.3. The van der Waals surface area contributed by atoms with Gasteiger partial charge in [-0.2, -0.15) is 0 Å². The predicted molar refractivity (Wildman–Crippen MR) is 67.7 cm³/mol. The number of rotatable bonds is 2. The SMILES string of the molecule is CC(C)(C)OC(=O)[C@@H]1Cc2nc(C=O)sc2CN1. The molecule has 1 N–H and O–H groups in total. The van der Waals surface area contributed by atoms with E-state index < -0.39 is 5.60 Å². The Hall–Kier alpha value is -1.27. The molecule has 1 aromatic heterocycles. The number of nitrogens with one attached hydrogen (secondary N) is 1. The Kier molecular flexibility index (Phi) is 3.49. The van der Waals surface area contributed by atoms with E-state index in [1.807, 2.05) is 20.8 Å². The van der Waals surface area contributed by atoms with Crippen LogP contribution in [0.1, 0.15) is 41.1 Å². The molecule has 1 aliphatic heterocycles. The standard InChI is InChI=1S/C12H16N2O3S/c1-12(2,3)17-11(16)8-4-7-9(5-13-8)18-10(6-15)14-7/h6,8,13H,4-5H2,1-3H3/t8-/m0/s1. The number of ether oxygens (including phenoxy) is 1. The van der Waals surface area contributed by atoms with Gasteiger partial charge < -0.3 is 4.74 Å². The van der Waals surface area contributed by atoms with Crippen molar-refractivity contribution in [1.29, 1.82) is 0 Å². The molecule has 1 aliphatic rings. The number of aromatic nitrogens is 1. The van der Waals surface area contributed by atoms with Crippen LogP contribution in [0.15, 0.2) is 0 Å². The molecule has 0 aromatic carbocycles. The first-order valence-corrected chi connectivity index (χ1v) is 6.60. The van der Waals surface area contributed by atoms with E-state index in [0.717, 1.165) is 16.9 Å².